The summed E-state index contributed by atoms with van der Waals surface area (Å²) >= 11 is 0. The molecule has 2 fully saturated rings. The molecular weight excluding hydrogens is 427 g/mol. The number of carbonyl (C=O) groups is 1. The highest BCUT2D eigenvalue weighted by molar-refractivity contribution is 5.95. The van der Waals surface area contributed by atoms with Gasteiger partial charge in [-0.05, 0) is 49.1 Å². The monoisotopic (exact) mass is 451 g/mol. The summed E-state index contributed by atoms with van der Waals surface area (Å²) in [6.07, 6.45) is 3.41. The normalized spacial score (nSPS) is 17.1. The minimum Gasteiger partial charge on any atom is -0.482 e. The van der Waals surface area contributed by atoms with Crippen LogP contribution in [0.4, 0.5) is 24.7 Å². The van der Waals surface area contributed by atoms with Crippen LogP contribution in [0.5, 0.6) is 5.75 Å². The van der Waals surface area contributed by atoms with E-state index in [1.807, 2.05) is 0 Å². The largest absolute Gasteiger partial charge is 0.482 e. The van der Waals surface area contributed by atoms with Gasteiger partial charge in [0.1, 0.15) is 22.8 Å². The average Bonchev–Trinajstić information content (AvgIpc) is 3.63. The van der Waals surface area contributed by atoms with Crippen LogP contribution in [0.15, 0.2) is 24.7 Å². The van der Waals surface area contributed by atoms with Gasteiger partial charge in [0.15, 0.2) is 6.61 Å². The van der Waals surface area contributed by atoms with Gasteiger partial charge < -0.3 is 19.5 Å². The second-order valence-electron chi connectivity index (χ2n) is 7.95. The standard InChI is InChI=1S/C22H24F3N3O4/c1-30-21(29)16-8-15(13-2-3-13)9-27-20(16)28-18-11-26-10-17(14-4-6-31-7-5-14)19(18)32-12-22(23,24)25/h8-11,13-14H,2-7,12H2,1H3,(H,27,28). The molecule has 0 atom stereocenters. The average molecular weight is 451 g/mol. The number of rotatable bonds is 7. The van der Waals surface area contributed by atoms with Crippen molar-refractivity contribution in [2.24, 2.45) is 0 Å². The van der Waals surface area contributed by atoms with Crippen molar-refractivity contribution in [3.05, 3.63) is 41.3 Å². The van der Waals surface area contributed by atoms with E-state index in [2.05, 4.69) is 15.3 Å². The lowest BCUT2D eigenvalue weighted by Gasteiger charge is -2.26. The highest BCUT2D eigenvalue weighted by Gasteiger charge is 2.31. The van der Waals surface area contributed by atoms with Gasteiger partial charge in [-0.25, -0.2) is 9.78 Å². The number of methoxy groups -OCH3 is 1. The molecule has 0 unspecified atom stereocenters. The summed E-state index contributed by atoms with van der Waals surface area (Å²) < 4.78 is 54.4. The van der Waals surface area contributed by atoms with E-state index in [4.69, 9.17) is 14.2 Å². The zero-order valence-corrected chi connectivity index (χ0v) is 17.6. The lowest BCUT2D eigenvalue weighted by atomic mass is 9.92. The molecule has 1 aliphatic carbocycles. The summed E-state index contributed by atoms with van der Waals surface area (Å²) in [6, 6.07) is 1.71. The number of pyridine rings is 2. The SMILES string of the molecule is COC(=O)c1cc(C2CC2)cnc1Nc1cncc(C2CCOCC2)c1OCC(F)(F)F. The van der Waals surface area contributed by atoms with Crippen LogP contribution in [-0.2, 0) is 9.47 Å². The number of aromatic nitrogens is 2. The lowest BCUT2D eigenvalue weighted by molar-refractivity contribution is -0.153. The van der Waals surface area contributed by atoms with Crippen molar-refractivity contribution in [1.29, 1.82) is 0 Å². The molecule has 0 radical (unpaired) electrons. The van der Waals surface area contributed by atoms with Crippen LogP contribution < -0.4 is 10.1 Å². The molecule has 0 amide bonds. The Morgan fingerprint density at radius 3 is 2.56 bits per heavy atom. The fourth-order valence-corrected chi connectivity index (χ4v) is 3.78. The van der Waals surface area contributed by atoms with Gasteiger partial charge in [-0.2, -0.15) is 13.2 Å². The number of carbonyl (C=O) groups excluding carboxylic acids is 1. The van der Waals surface area contributed by atoms with E-state index in [0.717, 1.165) is 18.4 Å². The van der Waals surface area contributed by atoms with Gasteiger partial charge in [0.25, 0.3) is 0 Å². The van der Waals surface area contributed by atoms with Gasteiger partial charge in [0, 0.05) is 31.2 Å². The summed E-state index contributed by atoms with van der Waals surface area (Å²) in [5.41, 5.74) is 1.90. The van der Waals surface area contributed by atoms with Crippen molar-refractivity contribution < 1.29 is 32.2 Å². The molecule has 0 aromatic carbocycles. The molecule has 2 aromatic heterocycles. The third-order valence-electron chi connectivity index (χ3n) is 5.58. The Balaban J connectivity index is 1.70. The van der Waals surface area contributed by atoms with Crippen LogP contribution >= 0.6 is 0 Å². The molecule has 0 spiro atoms. The molecule has 4 rings (SSSR count). The molecule has 1 N–H and O–H groups in total. The first-order valence-electron chi connectivity index (χ1n) is 10.5. The minimum atomic E-state index is -4.51. The fourth-order valence-electron chi connectivity index (χ4n) is 3.78. The highest BCUT2D eigenvalue weighted by Crippen LogP contribution is 2.42. The molecule has 7 nitrogen and oxygen atoms in total. The Hall–Kier alpha value is -2.88. The number of nitrogens with zero attached hydrogens (tertiary/aromatic N) is 2. The predicted molar refractivity (Wildman–Crippen MR) is 109 cm³/mol. The maximum Gasteiger partial charge on any atom is 0.422 e. The number of anilines is 2. The first kappa shape index (κ1) is 22.3. The molecule has 32 heavy (non-hydrogen) atoms. The number of esters is 1. The Morgan fingerprint density at radius 2 is 1.91 bits per heavy atom. The van der Waals surface area contributed by atoms with Crippen LogP contribution in [-0.4, -0.2) is 49.0 Å². The van der Waals surface area contributed by atoms with Crippen molar-refractivity contribution >= 4 is 17.5 Å². The molecule has 1 saturated heterocycles. The maximum atomic E-state index is 13.0. The summed E-state index contributed by atoms with van der Waals surface area (Å²) in [7, 11) is 1.26. The molecule has 2 aromatic rings. The Labute approximate surface area is 183 Å². The zero-order chi connectivity index (χ0) is 22.7. The lowest BCUT2D eigenvalue weighted by Crippen LogP contribution is -2.22. The highest BCUT2D eigenvalue weighted by atomic mass is 19.4. The van der Waals surface area contributed by atoms with Crippen molar-refractivity contribution in [3.63, 3.8) is 0 Å². The number of nitrogens with one attached hydrogen (secondary N) is 1. The number of halogens is 3. The minimum absolute atomic E-state index is 0.0492. The zero-order valence-electron chi connectivity index (χ0n) is 17.6. The number of hydrogen-bond acceptors (Lipinski definition) is 7. The van der Waals surface area contributed by atoms with Gasteiger partial charge in [-0.15, -0.1) is 0 Å². The molecular formula is C22H24F3N3O4. The van der Waals surface area contributed by atoms with E-state index in [9.17, 15) is 18.0 Å². The van der Waals surface area contributed by atoms with E-state index in [1.165, 1.54) is 19.5 Å². The third kappa shape index (κ3) is 5.29. The molecule has 1 aliphatic heterocycles. The van der Waals surface area contributed by atoms with Crippen LogP contribution in [0.1, 0.15) is 59.0 Å². The number of alkyl halides is 3. The summed E-state index contributed by atoms with van der Waals surface area (Å²) in [6.45, 7) is -0.421. The Bertz CT molecular complexity index is 973. The maximum absolute atomic E-state index is 13.0. The molecule has 172 valence electrons. The van der Waals surface area contributed by atoms with Crippen LogP contribution in [0.2, 0.25) is 0 Å². The topological polar surface area (TPSA) is 82.6 Å². The van der Waals surface area contributed by atoms with Crippen LogP contribution in [0.3, 0.4) is 0 Å². The molecule has 3 heterocycles. The van der Waals surface area contributed by atoms with Gasteiger partial charge >= 0.3 is 12.1 Å². The van der Waals surface area contributed by atoms with Crippen LogP contribution in [0, 0.1) is 0 Å². The van der Waals surface area contributed by atoms with E-state index in [0.29, 0.717) is 37.5 Å². The van der Waals surface area contributed by atoms with E-state index in [1.54, 1.807) is 12.3 Å². The quantitative estimate of drug-likeness (QED) is 0.610. The number of ether oxygens (including phenoxy) is 3. The van der Waals surface area contributed by atoms with E-state index >= 15 is 0 Å². The third-order valence-corrected chi connectivity index (χ3v) is 5.58. The van der Waals surface area contributed by atoms with Crippen molar-refractivity contribution in [2.45, 2.75) is 43.7 Å². The van der Waals surface area contributed by atoms with Crippen LogP contribution in [0.25, 0.3) is 0 Å². The Kier molecular flexibility index (Phi) is 6.50. The summed E-state index contributed by atoms with van der Waals surface area (Å²) in [4.78, 5) is 20.9. The molecule has 1 saturated carbocycles. The van der Waals surface area contributed by atoms with E-state index < -0.39 is 18.8 Å². The Morgan fingerprint density at radius 1 is 1.16 bits per heavy atom. The second kappa shape index (κ2) is 9.32. The van der Waals surface area contributed by atoms with E-state index in [-0.39, 0.29) is 28.7 Å². The van der Waals surface area contributed by atoms with Gasteiger partial charge in [0.2, 0.25) is 0 Å². The van der Waals surface area contributed by atoms with Gasteiger partial charge in [-0.3, -0.25) is 4.98 Å². The van der Waals surface area contributed by atoms with Crippen molar-refractivity contribution in [3.8, 4) is 5.75 Å². The van der Waals surface area contributed by atoms with Crippen molar-refractivity contribution in [2.75, 3.05) is 32.2 Å². The fraction of sp³-hybridized carbons (Fsp3) is 0.500. The first-order chi connectivity index (χ1) is 15.4. The van der Waals surface area contributed by atoms with Crippen molar-refractivity contribution in [1.82, 2.24) is 9.97 Å². The second-order valence-corrected chi connectivity index (χ2v) is 7.95. The summed E-state index contributed by atoms with van der Waals surface area (Å²) in [5, 5.41) is 2.96. The predicted octanol–water partition coefficient (Wildman–Crippen LogP) is 4.72. The first-order valence-corrected chi connectivity index (χ1v) is 10.5. The van der Waals surface area contributed by atoms with Gasteiger partial charge in [-0.1, -0.05) is 0 Å². The smallest absolute Gasteiger partial charge is 0.422 e. The number of hydrogen-bond donors (Lipinski definition) is 1. The molecule has 2 aliphatic rings. The van der Waals surface area contributed by atoms with Gasteiger partial charge in [0.05, 0.1) is 13.3 Å². The summed E-state index contributed by atoms with van der Waals surface area (Å²) in [5.74, 6) is -0.0541. The molecule has 0 bridgehead atoms. The molecule has 10 heteroatoms.